The van der Waals surface area contributed by atoms with Crippen LogP contribution in [-0.2, 0) is 0 Å². The van der Waals surface area contributed by atoms with Gasteiger partial charge in [-0.05, 0) is 0 Å². The zero-order chi connectivity index (χ0) is 3.58. The van der Waals surface area contributed by atoms with Gasteiger partial charge in [-0.3, -0.25) is 0 Å². The van der Waals surface area contributed by atoms with Crippen molar-refractivity contribution >= 4 is 0 Å². The van der Waals surface area contributed by atoms with Crippen LogP contribution in [0.15, 0.2) is 0 Å². The molecule has 0 aliphatic carbocycles. The van der Waals surface area contributed by atoms with Crippen molar-refractivity contribution in [2.75, 3.05) is 0 Å². The minimum atomic E-state index is -1.50. The van der Waals surface area contributed by atoms with Crippen LogP contribution < -0.4 is 0 Å². The quantitative estimate of drug-likeness (QED) is 0.310. The number of nitrogens with zero attached hydrogens (tertiary/aromatic N) is 1. The van der Waals surface area contributed by atoms with Gasteiger partial charge in [0.2, 0.25) is 0 Å². The van der Waals surface area contributed by atoms with E-state index in [0.29, 0.717) is 0 Å². The lowest BCUT2D eigenvalue weighted by atomic mass is 14.4. The summed E-state index contributed by atoms with van der Waals surface area (Å²) in [6.45, 7) is 0. The maximum Gasteiger partial charge on any atom is 0.291 e. The fourth-order valence-electron chi connectivity index (χ4n) is 0. The van der Waals surface area contributed by atoms with Crippen molar-refractivity contribution in [1.82, 2.24) is 0 Å². The molecule has 0 rings (SSSR count). The van der Waals surface area contributed by atoms with Crippen LogP contribution in [0.1, 0.15) is 0 Å². The van der Waals surface area contributed by atoms with E-state index >= 15 is 0 Å². The molecule has 0 saturated carbocycles. The van der Waals surface area contributed by atoms with E-state index in [-0.39, 0.29) is 0 Å². The Labute approximate surface area is 21.8 Å². The Morgan fingerprint density at radius 1 is 2.00 bits per heavy atom. The molecule has 0 saturated heterocycles. The van der Waals surface area contributed by atoms with Crippen LogP contribution in [0.25, 0.3) is 0 Å². The summed E-state index contributed by atoms with van der Waals surface area (Å²) in [5.41, 5.74) is 0. The average Bonchev–Trinajstić information content (AvgIpc) is 0.811. The molecule has 0 aliphatic rings. The Kier molecular flexibility index (Phi) is 0.524. The van der Waals surface area contributed by atoms with Crippen molar-refractivity contribution in [3.8, 4) is 0 Å². The first-order chi connectivity index (χ1) is 1.73. The molecule has 0 aromatic heterocycles. The number of hydrogen-bond donors (Lipinski definition) is 1. The summed E-state index contributed by atoms with van der Waals surface area (Å²) in [7, 11) is 0. The molecule has 1 N–H and O–H groups in total. The number of rotatable bonds is 0. The Morgan fingerprint density at radius 2 is 2.00 bits per heavy atom. The summed E-state index contributed by atoms with van der Waals surface area (Å²) in [6.07, 6.45) is 0. The summed E-state index contributed by atoms with van der Waals surface area (Å²) in [6, 6.07) is 0. The van der Waals surface area contributed by atoms with E-state index < -0.39 is 5.09 Å². The van der Waals surface area contributed by atoms with Gasteiger partial charge in [-0.15, -0.1) is 10.1 Å². The van der Waals surface area contributed by atoms with E-state index in [9.17, 15) is 0 Å². The summed E-state index contributed by atoms with van der Waals surface area (Å²) < 4.78 is 0. The SMILES string of the molecule is O=[16N+]([O-])O. The first-order valence-electron chi connectivity index (χ1n) is 0.565. The fraction of sp³-hybridized carbons (Fsp3) is 0. The molecule has 0 spiro atoms. The van der Waals surface area contributed by atoms with Crippen molar-refractivity contribution in [3.05, 3.63) is 10.1 Å². The van der Waals surface area contributed by atoms with E-state index in [1.165, 1.54) is 0 Å². The molecule has 0 aromatic carbocycles. The molecule has 24 valence electrons. The van der Waals surface area contributed by atoms with Crippen LogP contribution in [-0.4, -0.2) is 10.3 Å². The highest BCUT2D eigenvalue weighted by Gasteiger charge is 1.65. The third-order valence-corrected chi connectivity index (χ3v) is 0. The fourth-order valence-corrected chi connectivity index (χ4v) is 0. The Hall–Kier alpha value is -0.800. The second-order valence-electron chi connectivity index (χ2n) is 0.238. The minimum Gasteiger partial charge on any atom is -0.328 e. The standard InChI is InChI=1S/HNO3/c2-1(3)4/h(H,2,3,4)/i1+2. The van der Waals surface area contributed by atoms with Crippen molar-refractivity contribution in [3.63, 3.8) is 0 Å². The van der Waals surface area contributed by atoms with Crippen molar-refractivity contribution in [1.29, 1.82) is 0 Å². The topological polar surface area (TPSA) is 63.4 Å². The molecule has 0 aromatic rings. The molecule has 0 radical (unpaired) electrons. The van der Waals surface area contributed by atoms with E-state index in [1.54, 1.807) is 0 Å². The molecule has 4 heavy (non-hydrogen) atoms. The van der Waals surface area contributed by atoms with Crippen LogP contribution in [0.2, 0.25) is 0 Å². The Bertz CT molecular complexity index is 26.3. The largest absolute Gasteiger partial charge is 0.328 e. The van der Waals surface area contributed by atoms with Crippen LogP contribution in [0.4, 0.5) is 0 Å². The summed E-state index contributed by atoms with van der Waals surface area (Å²) in [5.74, 6) is 0. The van der Waals surface area contributed by atoms with Gasteiger partial charge in [-0.2, -0.15) is 0 Å². The lowest BCUT2D eigenvalue weighted by molar-refractivity contribution is -0.742. The monoisotopic (exact) mass is 65.0 g/mol. The molecular formula is HNO3. The molecule has 0 amide bonds. The van der Waals surface area contributed by atoms with E-state index in [0.717, 1.165) is 0 Å². The van der Waals surface area contributed by atoms with E-state index in [1.807, 2.05) is 0 Å². The Balaban J connectivity index is 2.80. The van der Waals surface area contributed by atoms with E-state index in [2.05, 4.69) is 0 Å². The van der Waals surface area contributed by atoms with Gasteiger partial charge in [0.25, 0.3) is 5.09 Å². The van der Waals surface area contributed by atoms with Gasteiger partial charge in [0.05, 0.1) is 0 Å². The summed E-state index contributed by atoms with van der Waals surface area (Å²) in [4.78, 5) is 8.36. The van der Waals surface area contributed by atoms with Crippen LogP contribution >= 0.6 is 0 Å². The second kappa shape index (κ2) is 0.655. The van der Waals surface area contributed by atoms with Gasteiger partial charge >= 0.3 is 0 Å². The predicted molar refractivity (Wildman–Crippen MR) is 8.78 cm³/mol. The van der Waals surface area contributed by atoms with Gasteiger partial charge < -0.3 is 5.21 Å². The van der Waals surface area contributed by atoms with Crippen LogP contribution in [0.5, 0.6) is 0 Å². The molecule has 0 bridgehead atoms. The maximum absolute atomic E-state index is 8.36. The lowest BCUT2D eigenvalue weighted by Crippen LogP contribution is -1.81. The molecule has 4 heteroatoms. The van der Waals surface area contributed by atoms with E-state index in [4.69, 9.17) is 15.3 Å². The van der Waals surface area contributed by atoms with Crippen LogP contribution in [0, 0.1) is 10.1 Å². The first-order valence-corrected chi connectivity index (χ1v) is 0.565. The number of hydrogen-bond acceptors (Lipinski definition) is 2. The third kappa shape index (κ3) is 0.0750. The zero-order valence-corrected chi connectivity index (χ0v) is 1.71. The molecule has 0 atom stereocenters. The lowest BCUT2D eigenvalue weighted by Gasteiger charge is -1.56. The highest BCUT2D eigenvalue weighted by molar-refractivity contribution is 3.83. The molecule has 0 heterocycles. The average molecular weight is 65.0 g/mol. The second-order valence-corrected chi connectivity index (χ2v) is 0.238. The van der Waals surface area contributed by atoms with Gasteiger partial charge in [0.15, 0.2) is 0 Å². The molecular weight excluding hydrogens is 64.0 g/mol. The molecule has 4 nitrogen and oxygen atoms in total. The van der Waals surface area contributed by atoms with Crippen molar-refractivity contribution in [2.45, 2.75) is 0 Å². The minimum absolute atomic E-state index is 1.50. The van der Waals surface area contributed by atoms with Crippen molar-refractivity contribution < 1.29 is 10.3 Å². The smallest absolute Gasteiger partial charge is 0.291 e. The highest BCUT2D eigenvalue weighted by Crippen LogP contribution is 1.38. The normalized spacial score (nSPS) is 6.00. The molecule has 0 aliphatic heterocycles. The third-order valence-electron chi connectivity index (χ3n) is 0. The highest BCUT2D eigenvalue weighted by atomic mass is 17.6. The van der Waals surface area contributed by atoms with Gasteiger partial charge in [-0.25, -0.2) is 0 Å². The summed E-state index contributed by atoms with van der Waals surface area (Å²) in [5, 5.41) is 13.6. The molecule has 0 unspecified atom stereocenters. The first kappa shape index (κ1) is 3.20. The van der Waals surface area contributed by atoms with Gasteiger partial charge in [-0.1, -0.05) is 0 Å². The zero-order valence-electron chi connectivity index (χ0n) is 1.71. The molecule has 0 fully saturated rings. The summed E-state index contributed by atoms with van der Waals surface area (Å²) >= 11 is 0. The Morgan fingerprint density at radius 3 is 2.00 bits per heavy atom. The van der Waals surface area contributed by atoms with Crippen LogP contribution in [0.3, 0.4) is 0 Å². The van der Waals surface area contributed by atoms with Gasteiger partial charge in [0, 0.05) is 0 Å². The van der Waals surface area contributed by atoms with Crippen molar-refractivity contribution in [2.24, 2.45) is 0 Å². The predicted octanol–water partition coefficient (Wildman–Crippen LogP) is -0.348. The maximum atomic E-state index is 8.36. The van der Waals surface area contributed by atoms with Gasteiger partial charge in [0.1, 0.15) is 0 Å².